The van der Waals surface area contributed by atoms with E-state index in [9.17, 15) is 9.46 Å². The van der Waals surface area contributed by atoms with Gasteiger partial charge >= 0.3 is 7.82 Å². The Morgan fingerprint density at radius 3 is 1.62 bits per heavy atom. The van der Waals surface area contributed by atoms with Crippen molar-refractivity contribution in [2.45, 2.75) is 123 Å². The van der Waals surface area contributed by atoms with E-state index in [4.69, 9.17) is 4.89 Å². The van der Waals surface area contributed by atoms with E-state index in [0.29, 0.717) is 0 Å². The Kier molecular flexibility index (Phi) is 18.5. The van der Waals surface area contributed by atoms with E-state index in [-0.39, 0.29) is 12.7 Å². The second-order valence-corrected chi connectivity index (χ2v) is 8.60. The summed E-state index contributed by atoms with van der Waals surface area (Å²) < 4.78 is 20.4. The molecule has 0 fully saturated rings. The quantitative estimate of drug-likeness (QED) is 0.101. The molecule has 0 aromatic heterocycles. The SMILES string of the molecule is CCCCCCCCCCCCCCCCC(C)OOP(=O)(O)OCC. The Morgan fingerprint density at radius 1 is 0.769 bits per heavy atom. The van der Waals surface area contributed by atoms with Crippen LogP contribution in [-0.2, 0) is 18.7 Å². The summed E-state index contributed by atoms with van der Waals surface area (Å²) >= 11 is 0. The zero-order valence-electron chi connectivity index (χ0n) is 17.4. The minimum absolute atomic E-state index is 0.116. The second kappa shape index (κ2) is 18.4. The molecule has 1 N–H and O–H groups in total. The molecule has 2 unspecified atom stereocenters. The molecule has 0 aromatic rings. The molecule has 0 saturated heterocycles. The number of unbranched alkanes of at least 4 members (excludes halogenated alkanes) is 13. The van der Waals surface area contributed by atoms with Gasteiger partial charge in [-0.1, -0.05) is 96.8 Å². The first-order valence-corrected chi connectivity index (χ1v) is 12.3. The minimum atomic E-state index is -4.04. The molecule has 0 radical (unpaired) electrons. The zero-order chi connectivity index (χ0) is 19.5. The van der Waals surface area contributed by atoms with E-state index in [2.05, 4.69) is 16.1 Å². The summed E-state index contributed by atoms with van der Waals surface area (Å²) in [4.78, 5) is 14.2. The molecule has 0 aliphatic heterocycles. The predicted molar refractivity (Wildman–Crippen MR) is 108 cm³/mol. The first kappa shape index (κ1) is 26.1. The lowest BCUT2D eigenvalue weighted by atomic mass is 10.0. The highest BCUT2D eigenvalue weighted by atomic mass is 31.2. The van der Waals surface area contributed by atoms with Crippen molar-refractivity contribution in [3.8, 4) is 0 Å². The van der Waals surface area contributed by atoms with Crippen molar-refractivity contribution < 1.29 is 23.5 Å². The monoisotopic (exact) mass is 394 g/mol. The van der Waals surface area contributed by atoms with Crippen molar-refractivity contribution in [1.29, 1.82) is 0 Å². The molecule has 0 heterocycles. The van der Waals surface area contributed by atoms with E-state index < -0.39 is 7.82 Å². The maximum absolute atomic E-state index is 11.3. The predicted octanol–water partition coefficient (Wildman–Crippen LogP) is 7.33. The fourth-order valence-electron chi connectivity index (χ4n) is 2.99. The molecule has 0 saturated carbocycles. The maximum Gasteiger partial charge on any atom is 0.499 e. The Bertz CT molecular complexity index is 338. The standard InChI is InChI=1S/C20H43O5P/c1-4-6-7-8-9-10-11-12-13-14-15-16-17-18-19-20(3)24-25-26(21,22)23-5-2/h20H,4-19H2,1-3H3,(H,21,22). The van der Waals surface area contributed by atoms with E-state index >= 15 is 0 Å². The molecule has 0 amide bonds. The normalized spacial score (nSPS) is 15.1. The van der Waals surface area contributed by atoms with E-state index in [0.717, 1.165) is 12.8 Å². The van der Waals surface area contributed by atoms with Crippen molar-refractivity contribution in [2.75, 3.05) is 6.61 Å². The van der Waals surface area contributed by atoms with E-state index in [1.165, 1.54) is 83.5 Å². The summed E-state index contributed by atoms with van der Waals surface area (Å²) in [5.74, 6) is 0. The molecule has 26 heavy (non-hydrogen) atoms. The lowest BCUT2D eigenvalue weighted by molar-refractivity contribution is -0.256. The maximum atomic E-state index is 11.3. The van der Waals surface area contributed by atoms with E-state index in [1.54, 1.807) is 6.92 Å². The topological polar surface area (TPSA) is 65.0 Å². The minimum Gasteiger partial charge on any atom is -0.301 e. The molecule has 0 aliphatic rings. The smallest absolute Gasteiger partial charge is 0.301 e. The van der Waals surface area contributed by atoms with Gasteiger partial charge in [0.05, 0.1) is 12.7 Å². The first-order chi connectivity index (χ1) is 12.5. The van der Waals surface area contributed by atoms with Crippen LogP contribution in [0.2, 0.25) is 0 Å². The van der Waals surface area contributed by atoms with Crippen molar-refractivity contribution >= 4 is 7.82 Å². The molecular formula is C20H43O5P. The van der Waals surface area contributed by atoms with Crippen LogP contribution in [0, 0.1) is 0 Å². The number of phosphoric ester groups is 1. The largest absolute Gasteiger partial charge is 0.499 e. The van der Waals surface area contributed by atoms with Gasteiger partial charge in [-0.15, -0.1) is 4.67 Å². The molecule has 158 valence electrons. The van der Waals surface area contributed by atoms with Crippen molar-refractivity contribution in [3.63, 3.8) is 0 Å². The molecule has 5 nitrogen and oxygen atoms in total. The molecule has 0 aromatic carbocycles. The van der Waals surface area contributed by atoms with Gasteiger partial charge in [0.25, 0.3) is 0 Å². The fraction of sp³-hybridized carbons (Fsp3) is 1.00. The third kappa shape index (κ3) is 18.8. The van der Waals surface area contributed by atoms with Crippen LogP contribution >= 0.6 is 7.82 Å². The van der Waals surface area contributed by atoms with Crippen molar-refractivity contribution in [2.24, 2.45) is 0 Å². The Morgan fingerprint density at radius 2 is 1.19 bits per heavy atom. The van der Waals surface area contributed by atoms with Crippen LogP contribution in [0.5, 0.6) is 0 Å². The zero-order valence-corrected chi connectivity index (χ0v) is 18.3. The summed E-state index contributed by atoms with van der Waals surface area (Å²) in [6.45, 7) is 5.85. The number of phosphoric acid groups is 1. The van der Waals surface area contributed by atoms with Crippen LogP contribution in [0.1, 0.15) is 117 Å². The Hall–Kier alpha value is 0.0700. The lowest BCUT2D eigenvalue weighted by Crippen LogP contribution is -2.08. The molecule has 0 rings (SSSR count). The van der Waals surface area contributed by atoms with Crippen LogP contribution < -0.4 is 0 Å². The summed E-state index contributed by atoms with van der Waals surface area (Å²) in [5.41, 5.74) is 0. The highest BCUT2D eigenvalue weighted by Crippen LogP contribution is 2.43. The van der Waals surface area contributed by atoms with Crippen molar-refractivity contribution in [3.05, 3.63) is 0 Å². The molecule has 2 atom stereocenters. The van der Waals surface area contributed by atoms with E-state index in [1.807, 2.05) is 6.92 Å². The number of hydrogen-bond acceptors (Lipinski definition) is 4. The van der Waals surface area contributed by atoms with Gasteiger partial charge in [0.2, 0.25) is 0 Å². The van der Waals surface area contributed by atoms with Gasteiger partial charge < -0.3 is 4.89 Å². The molecule has 0 spiro atoms. The number of hydrogen-bond donors (Lipinski definition) is 1. The summed E-state index contributed by atoms with van der Waals surface area (Å²) in [7, 11) is -4.04. The summed E-state index contributed by atoms with van der Waals surface area (Å²) in [6, 6.07) is 0. The highest BCUT2D eigenvalue weighted by molar-refractivity contribution is 7.47. The van der Waals surface area contributed by atoms with Gasteiger partial charge in [0, 0.05) is 0 Å². The third-order valence-corrected chi connectivity index (χ3v) is 5.42. The summed E-state index contributed by atoms with van der Waals surface area (Å²) in [5, 5.41) is 0. The summed E-state index contributed by atoms with van der Waals surface area (Å²) in [6.07, 6.45) is 19.3. The van der Waals surface area contributed by atoms with Crippen LogP contribution in [0.25, 0.3) is 0 Å². The van der Waals surface area contributed by atoms with Crippen LogP contribution in [0.4, 0.5) is 0 Å². The fourth-order valence-corrected chi connectivity index (χ4v) is 3.61. The molecule has 0 bridgehead atoms. The highest BCUT2D eigenvalue weighted by Gasteiger charge is 2.22. The van der Waals surface area contributed by atoms with Gasteiger partial charge in [0.15, 0.2) is 0 Å². The van der Waals surface area contributed by atoms with Gasteiger partial charge in [0.1, 0.15) is 0 Å². The van der Waals surface area contributed by atoms with Gasteiger partial charge in [-0.05, 0) is 20.3 Å². The van der Waals surface area contributed by atoms with Gasteiger partial charge in [-0.3, -0.25) is 4.52 Å². The van der Waals surface area contributed by atoms with Crippen molar-refractivity contribution in [1.82, 2.24) is 0 Å². The van der Waals surface area contributed by atoms with Crippen LogP contribution in [0.15, 0.2) is 0 Å². The molecule has 0 aliphatic carbocycles. The average Bonchev–Trinajstić information content (AvgIpc) is 2.60. The lowest BCUT2D eigenvalue weighted by Gasteiger charge is -2.14. The van der Waals surface area contributed by atoms with Gasteiger partial charge in [-0.25, -0.2) is 9.45 Å². The average molecular weight is 395 g/mol. The number of rotatable bonds is 20. The van der Waals surface area contributed by atoms with Crippen LogP contribution in [-0.4, -0.2) is 17.6 Å². The van der Waals surface area contributed by atoms with Crippen LogP contribution in [0.3, 0.4) is 0 Å². The Labute approximate surface area is 161 Å². The molecular weight excluding hydrogens is 351 g/mol. The Balaban J connectivity index is 3.27. The first-order valence-electron chi connectivity index (χ1n) is 10.8. The third-order valence-electron chi connectivity index (χ3n) is 4.56. The van der Waals surface area contributed by atoms with Gasteiger partial charge in [-0.2, -0.15) is 0 Å². The second-order valence-electron chi connectivity index (χ2n) is 7.25. The molecule has 6 heteroatoms.